The highest BCUT2D eigenvalue weighted by molar-refractivity contribution is 6.28. The Morgan fingerprint density at radius 1 is 1.42 bits per heavy atom. The number of aliphatic hydroxyl groups is 1. The normalized spacial score (nSPS) is 14.6. The van der Waals surface area contributed by atoms with Crippen molar-refractivity contribution in [3.63, 3.8) is 0 Å². The summed E-state index contributed by atoms with van der Waals surface area (Å²) in [5.74, 6) is 0.605. The molecule has 0 aliphatic heterocycles. The van der Waals surface area contributed by atoms with Gasteiger partial charge in [0.2, 0.25) is 5.28 Å². The van der Waals surface area contributed by atoms with Gasteiger partial charge in [0.15, 0.2) is 11.5 Å². The minimum atomic E-state index is -0.469. The number of anilines is 1. The van der Waals surface area contributed by atoms with Gasteiger partial charge in [-0.05, 0) is 31.9 Å². The fourth-order valence-electron chi connectivity index (χ4n) is 1.82. The fourth-order valence-corrected chi connectivity index (χ4v) is 1.98. The van der Waals surface area contributed by atoms with Crippen molar-refractivity contribution in [2.45, 2.75) is 39.3 Å². The van der Waals surface area contributed by atoms with Gasteiger partial charge in [0.05, 0.1) is 12.4 Å². The second-order valence-corrected chi connectivity index (χ2v) is 4.99. The number of imidazole rings is 1. The standard InChI is InChI=1S/C12H18ClN5O/c1-4-7(2)18-6-15-11-9(18)10(14-5-8(3)19)16-12(13)17-11/h6-8,19H,4-5H2,1-3H3,(H,14,16,17). The van der Waals surface area contributed by atoms with Crippen LogP contribution in [0.4, 0.5) is 5.82 Å². The molecule has 0 saturated carbocycles. The van der Waals surface area contributed by atoms with Crippen LogP contribution in [0.15, 0.2) is 6.33 Å². The maximum Gasteiger partial charge on any atom is 0.226 e. The van der Waals surface area contributed by atoms with E-state index in [0.717, 1.165) is 11.9 Å². The monoisotopic (exact) mass is 283 g/mol. The predicted octanol–water partition coefficient (Wildman–Crippen LogP) is 2.24. The van der Waals surface area contributed by atoms with Crippen LogP contribution in [-0.2, 0) is 0 Å². The van der Waals surface area contributed by atoms with Crippen LogP contribution in [0.3, 0.4) is 0 Å². The van der Waals surface area contributed by atoms with Gasteiger partial charge in [0.1, 0.15) is 5.52 Å². The molecule has 7 heteroatoms. The van der Waals surface area contributed by atoms with Crippen molar-refractivity contribution in [2.24, 2.45) is 0 Å². The maximum atomic E-state index is 9.37. The van der Waals surface area contributed by atoms with Crippen LogP contribution in [0.25, 0.3) is 11.2 Å². The Balaban J connectivity index is 2.49. The SMILES string of the molecule is CCC(C)n1cnc2nc(Cl)nc(NCC(C)O)c21. The summed E-state index contributed by atoms with van der Waals surface area (Å²) in [7, 11) is 0. The molecular weight excluding hydrogens is 266 g/mol. The third-order valence-electron chi connectivity index (χ3n) is 3.03. The third kappa shape index (κ3) is 2.96. The van der Waals surface area contributed by atoms with Gasteiger partial charge < -0.3 is 15.0 Å². The number of halogens is 1. The Hall–Kier alpha value is -1.40. The molecule has 2 aromatic rings. The first-order valence-electron chi connectivity index (χ1n) is 6.35. The van der Waals surface area contributed by atoms with Gasteiger partial charge in [-0.15, -0.1) is 0 Å². The van der Waals surface area contributed by atoms with E-state index in [2.05, 4.69) is 34.1 Å². The Kier molecular flexibility index (Phi) is 4.21. The van der Waals surface area contributed by atoms with Gasteiger partial charge in [-0.2, -0.15) is 9.97 Å². The molecule has 2 atom stereocenters. The lowest BCUT2D eigenvalue weighted by Gasteiger charge is -2.14. The molecule has 6 nitrogen and oxygen atoms in total. The average molecular weight is 284 g/mol. The van der Waals surface area contributed by atoms with Crippen molar-refractivity contribution in [1.82, 2.24) is 19.5 Å². The topological polar surface area (TPSA) is 75.9 Å². The van der Waals surface area contributed by atoms with Gasteiger partial charge >= 0.3 is 0 Å². The predicted molar refractivity (Wildman–Crippen MR) is 75.5 cm³/mol. The first kappa shape index (κ1) is 14.0. The van der Waals surface area contributed by atoms with Crippen LogP contribution >= 0.6 is 11.6 Å². The van der Waals surface area contributed by atoms with E-state index in [0.29, 0.717) is 24.1 Å². The van der Waals surface area contributed by atoms with Crippen molar-refractivity contribution < 1.29 is 5.11 Å². The second kappa shape index (κ2) is 5.71. The highest BCUT2D eigenvalue weighted by atomic mass is 35.5. The van der Waals surface area contributed by atoms with Crippen molar-refractivity contribution in [1.29, 1.82) is 0 Å². The lowest BCUT2D eigenvalue weighted by molar-refractivity contribution is 0.208. The number of aliphatic hydroxyl groups excluding tert-OH is 1. The number of hydrogen-bond donors (Lipinski definition) is 2. The molecule has 0 amide bonds. The summed E-state index contributed by atoms with van der Waals surface area (Å²) in [4.78, 5) is 12.6. The van der Waals surface area contributed by atoms with E-state index in [1.165, 1.54) is 0 Å². The number of fused-ring (bicyclic) bond motifs is 1. The van der Waals surface area contributed by atoms with Crippen LogP contribution in [0.1, 0.15) is 33.2 Å². The zero-order valence-electron chi connectivity index (χ0n) is 11.3. The first-order chi connectivity index (χ1) is 9.02. The molecule has 2 aromatic heterocycles. The molecule has 0 bridgehead atoms. The Bertz CT molecular complexity index is 568. The van der Waals surface area contributed by atoms with E-state index in [-0.39, 0.29) is 5.28 Å². The van der Waals surface area contributed by atoms with Crippen LogP contribution in [0, 0.1) is 0 Å². The first-order valence-corrected chi connectivity index (χ1v) is 6.72. The third-order valence-corrected chi connectivity index (χ3v) is 3.20. The van der Waals surface area contributed by atoms with Crippen LogP contribution < -0.4 is 5.32 Å². The lowest BCUT2D eigenvalue weighted by atomic mass is 10.2. The number of nitrogens with one attached hydrogen (secondary N) is 1. The van der Waals surface area contributed by atoms with E-state index in [1.54, 1.807) is 13.3 Å². The van der Waals surface area contributed by atoms with Gasteiger partial charge in [0.25, 0.3) is 0 Å². The van der Waals surface area contributed by atoms with E-state index in [1.807, 2.05) is 4.57 Å². The minimum absolute atomic E-state index is 0.148. The second-order valence-electron chi connectivity index (χ2n) is 4.65. The van der Waals surface area contributed by atoms with Crippen LogP contribution in [0.2, 0.25) is 5.28 Å². The molecule has 0 aromatic carbocycles. The molecular formula is C12H18ClN5O. The molecule has 0 aliphatic rings. The molecule has 104 valence electrons. The van der Waals surface area contributed by atoms with Gasteiger partial charge in [0, 0.05) is 12.6 Å². The summed E-state index contributed by atoms with van der Waals surface area (Å²) in [6.45, 7) is 6.32. The average Bonchev–Trinajstić information content (AvgIpc) is 2.78. The Morgan fingerprint density at radius 2 is 2.16 bits per heavy atom. The number of rotatable bonds is 5. The molecule has 0 radical (unpaired) electrons. The largest absolute Gasteiger partial charge is 0.392 e. The molecule has 0 fully saturated rings. The van der Waals surface area contributed by atoms with Crippen molar-refractivity contribution in [3.05, 3.63) is 11.6 Å². The summed E-state index contributed by atoms with van der Waals surface area (Å²) >= 11 is 5.89. The molecule has 0 spiro atoms. The quantitative estimate of drug-likeness (QED) is 0.823. The van der Waals surface area contributed by atoms with E-state index < -0.39 is 6.10 Å². The number of hydrogen-bond acceptors (Lipinski definition) is 5. The fraction of sp³-hybridized carbons (Fsp3) is 0.583. The summed E-state index contributed by atoms with van der Waals surface area (Å²) < 4.78 is 2.02. The molecule has 19 heavy (non-hydrogen) atoms. The van der Waals surface area contributed by atoms with Gasteiger partial charge in [-0.25, -0.2) is 4.98 Å². The smallest absolute Gasteiger partial charge is 0.226 e. The maximum absolute atomic E-state index is 9.37. The summed E-state index contributed by atoms with van der Waals surface area (Å²) in [6, 6.07) is 0.293. The molecule has 2 unspecified atom stereocenters. The summed E-state index contributed by atoms with van der Waals surface area (Å²) in [6.07, 6.45) is 2.25. The van der Waals surface area contributed by atoms with E-state index in [9.17, 15) is 5.11 Å². The zero-order valence-corrected chi connectivity index (χ0v) is 12.0. The van der Waals surface area contributed by atoms with E-state index in [4.69, 9.17) is 11.6 Å². The molecule has 2 heterocycles. The molecule has 2 rings (SSSR count). The Labute approximate surface area is 116 Å². The number of aromatic nitrogens is 4. The molecule has 2 N–H and O–H groups in total. The summed E-state index contributed by atoms with van der Waals surface area (Å²) in [5, 5.41) is 12.6. The minimum Gasteiger partial charge on any atom is -0.392 e. The highest BCUT2D eigenvalue weighted by Gasteiger charge is 2.15. The van der Waals surface area contributed by atoms with Gasteiger partial charge in [-0.1, -0.05) is 6.92 Å². The Morgan fingerprint density at radius 3 is 2.79 bits per heavy atom. The molecule has 0 saturated heterocycles. The van der Waals surface area contributed by atoms with Crippen LogP contribution in [0.5, 0.6) is 0 Å². The van der Waals surface area contributed by atoms with E-state index >= 15 is 0 Å². The van der Waals surface area contributed by atoms with Crippen molar-refractivity contribution >= 4 is 28.6 Å². The van der Waals surface area contributed by atoms with Crippen LogP contribution in [-0.4, -0.2) is 37.3 Å². The zero-order chi connectivity index (χ0) is 14.0. The lowest BCUT2D eigenvalue weighted by Crippen LogP contribution is -2.17. The molecule has 0 aliphatic carbocycles. The number of nitrogens with zero attached hydrogens (tertiary/aromatic N) is 4. The summed E-state index contributed by atoms with van der Waals surface area (Å²) in [5.41, 5.74) is 1.38. The van der Waals surface area contributed by atoms with Crippen molar-refractivity contribution in [2.75, 3.05) is 11.9 Å². The van der Waals surface area contributed by atoms with Gasteiger partial charge in [-0.3, -0.25) is 0 Å². The highest BCUT2D eigenvalue weighted by Crippen LogP contribution is 2.25. The van der Waals surface area contributed by atoms with Crippen molar-refractivity contribution in [3.8, 4) is 0 Å².